The molecule has 1 aliphatic rings. The van der Waals surface area contributed by atoms with Crippen molar-refractivity contribution >= 4 is 29.0 Å². The zero-order chi connectivity index (χ0) is 15.2. The lowest BCUT2D eigenvalue weighted by Gasteiger charge is -2.23. The Hall–Kier alpha value is -2.15. The number of piperidine rings is 1. The van der Waals surface area contributed by atoms with Gasteiger partial charge < -0.3 is 21.1 Å². The van der Waals surface area contributed by atoms with Gasteiger partial charge in [-0.3, -0.25) is 9.59 Å². The molecule has 1 unspecified atom stereocenters. The molecule has 1 aromatic carbocycles. The summed E-state index contributed by atoms with van der Waals surface area (Å²) in [5.74, 6) is 0.258. The monoisotopic (exact) mass is 307 g/mol. The molecule has 0 aliphatic carbocycles. The second kappa shape index (κ2) is 7.03. The summed E-state index contributed by atoms with van der Waals surface area (Å²) >= 11 is 4.93. The molecule has 1 saturated heterocycles. The molecule has 0 saturated carbocycles. The van der Waals surface area contributed by atoms with Crippen LogP contribution < -0.4 is 21.1 Å². The summed E-state index contributed by atoms with van der Waals surface area (Å²) in [6.45, 7) is 0.331. The Bertz CT molecular complexity index is 552. The number of ether oxygens (including phenoxy) is 1. The minimum Gasteiger partial charge on any atom is -0.483 e. The highest BCUT2D eigenvalue weighted by atomic mass is 32.1. The first-order valence-corrected chi connectivity index (χ1v) is 7.05. The maximum absolute atomic E-state index is 11.8. The largest absolute Gasteiger partial charge is 0.483 e. The van der Waals surface area contributed by atoms with E-state index in [4.69, 9.17) is 22.7 Å². The van der Waals surface area contributed by atoms with Crippen LogP contribution in [-0.2, 0) is 9.59 Å². The molecule has 6 nitrogen and oxygen atoms in total. The highest BCUT2D eigenvalue weighted by Gasteiger charge is 2.19. The Morgan fingerprint density at radius 3 is 2.90 bits per heavy atom. The highest BCUT2D eigenvalue weighted by molar-refractivity contribution is 7.80. The molecule has 0 spiro atoms. The molecular weight excluding hydrogens is 290 g/mol. The topological polar surface area (TPSA) is 93.4 Å². The van der Waals surface area contributed by atoms with Gasteiger partial charge in [0, 0.05) is 19.0 Å². The van der Waals surface area contributed by atoms with E-state index in [9.17, 15) is 9.59 Å². The van der Waals surface area contributed by atoms with Crippen LogP contribution in [0.5, 0.6) is 5.75 Å². The third-order valence-electron chi connectivity index (χ3n) is 3.14. The van der Waals surface area contributed by atoms with Crippen LogP contribution in [0.15, 0.2) is 24.3 Å². The number of nitrogens with two attached hydrogens (primary N) is 1. The molecule has 1 aliphatic heterocycles. The van der Waals surface area contributed by atoms with Crippen LogP contribution in [0.4, 0.5) is 0 Å². The first kappa shape index (κ1) is 15.2. The van der Waals surface area contributed by atoms with E-state index in [0.717, 1.165) is 0 Å². The zero-order valence-corrected chi connectivity index (χ0v) is 12.2. The van der Waals surface area contributed by atoms with Crippen molar-refractivity contribution in [1.82, 2.24) is 10.6 Å². The molecule has 7 heteroatoms. The van der Waals surface area contributed by atoms with Gasteiger partial charge in [0.2, 0.25) is 5.91 Å². The number of carbonyl (C=O) groups is 2. The molecule has 2 amide bonds. The van der Waals surface area contributed by atoms with E-state index in [1.165, 1.54) is 0 Å². The lowest BCUT2D eigenvalue weighted by Crippen LogP contribution is -2.48. The van der Waals surface area contributed by atoms with Gasteiger partial charge in [0.1, 0.15) is 10.7 Å². The van der Waals surface area contributed by atoms with Crippen LogP contribution in [-0.4, -0.2) is 36.0 Å². The molecule has 112 valence electrons. The Morgan fingerprint density at radius 2 is 2.24 bits per heavy atom. The second-order valence-electron chi connectivity index (χ2n) is 4.76. The predicted octanol–water partition coefficient (Wildman–Crippen LogP) is 0.0944. The number of carbonyl (C=O) groups excluding carboxylic acids is 2. The Kier molecular flexibility index (Phi) is 5.10. The van der Waals surface area contributed by atoms with Crippen molar-refractivity contribution in [3.05, 3.63) is 29.8 Å². The molecule has 0 radical (unpaired) electrons. The average molecular weight is 307 g/mol. The second-order valence-corrected chi connectivity index (χ2v) is 5.20. The van der Waals surface area contributed by atoms with Crippen molar-refractivity contribution in [2.24, 2.45) is 5.73 Å². The Balaban J connectivity index is 1.84. The number of amides is 2. The molecule has 0 aromatic heterocycles. The molecule has 21 heavy (non-hydrogen) atoms. The number of thiocarbonyl (C=S) groups is 1. The number of hydrogen-bond donors (Lipinski definition) is 3. The molecule has 4 N–H and O–H groups in total. The quantitative estimate of drug-likeness (QED) is 0.671. The third kappa shape index (κ3) is 4.42. The van der Waals surface area contributed by atoms with Gasteiger partial charge >= 0.3 is 0 Å². The van der Waals surface area contributed by atoms with Crippen molar-refractivity contribution in [1.29, 1.82) is 0 Å². The minimum atomic E-state index is -0.242. The summed E-state index contributed by atoms with van der Waals surface area (Å²) in [6, 6.07) is 6.98. The summed E-state index contributed by atoms with van der Waals surface area (Å²) < 4.78 is 5.46. The predicted molar refractivity (Wildman–Crippen MR) is 82.0 cm³/mol. The van der Waals surface area contributed by atoms with Gasteiger partial charge in [-0.1, -0.05) is 24.4 Å². The Labute approximate surface area is 128 Å². The maximum Gasteiger partial charge on any atom is 0.258 e. The van der Waals surface area contributed by atoms with Crippen molar-refractivity contribution in [3.63, 3.8) is 0 Å². The normalized spacial score (nSPS) is 17.7. The first-order chi connectivity index (χ1) is 10.1. The van der Waals surface area contributed by atoms with Crippen LogP contribution in [0.25, 0.3) is 0 Å². The highest BCUT2D eigenvalue weighted by Crippen LogP contribution is 2.17. The lowest BCUT2D eigenvalue weighted by molar-refractivity contribution is -0.126. The van der Waals surface area contributed by atoms with Crippen molar-refractivity contribution in [2.75, 3.05) is 13.2 Å². The van der Waals surface area contributed by atoms with Crippen molar-refractivity contribution < 1.29 is 14.3 Å². The lowest BCUT2D eigenvalue weighted by atomic mass is 10.1. The minimum absolute atomic E-state index is 0.0159. The fourth-order valence-corrected chi connectivity index (χ4v) is 2.23. The van der Waals surface area contributed by atoms with Crippen LogP contribution in [0.3, 0.4) is 0 Å². The van der Waals surface area contributed by atoms with E-state index < -0.39 is 0 Å². The van der Waals surface area contributed by atoms with Crippen molar-refractivity contribution in [3.8, 4) is 5.75 Å². The SMILES string of the molecule is NC(=S)c1ccccc1OCC(=O)NC1CCC(=O)NC1. The summed E-state index contributed by atoms with van der Waals surface area (Å²) in [5, 5.41) is 5.52. The summed E-state index contributed by atoms with van der Waals surface area (Å²) in [4.78, 5) is 23.1. The molecule has 1 aromatic rings. The van der Waals surface area contributed by atoms with Crippen LogP contribution >= 0.6 is 12.2 Å². The molecule has 1 heterocycles. The molecule has 1 atom stereocenters. The van der Waals surface area contributed by atoms with Gasteiger partial charge in [-0.25, -0.2) is 0 Å². The number of hydrogen-bond acceptors (Lipinski definition) is 4. The van der Waals surface area contributed by atoms with E-state index in [0.29, 0.717) is 30.7 Å². The fourth-order valence-electron chi connectivity index (χ4n) is 2.06. The summed E-state index contributed by atoms with van der Waals surface area (Å²) in [6.07, 6.45) is 1.07. The van der Waals surface area contributed by atoms with Gasteiger partial charge in [-0.15, -0.1) is 0 Å². The Morgan fingerprint density at radius 1 is 1.48 bits per heavy atom. The van der Waals surface area contributed by atoms with Crippen LogP contribution in [0.1, 0.15) is 18.4 Å². The summed E-state index contributed by atoms with van der Waals surface area (Å²) in [7, 11) is 0. The molecule has 1 fully saturated rings. The van der Waals surface area contributed by atoms with Gasteiger partial charge in [0.15, 0.2) is 6.61 Å². The van der Waals surface area contributed by atoms with Crippen LogP contribution in [0, 0.1) is 0 Å². The average Bonchev–Trinajstić information content (AvgIpc) is 2.48. The molecule has 2 rings (SSSR count). The summed E-state index contributed by atoms with van der Waals surface area (Å²) in [5.41, 5.74) is 6.20. The van der Waals surface area contributed by atoms with E-state index >= 15 is 0 Å². The molecule has 0 bridgehead atoms. The van der Waals surface area contributed by atoms with E-state index in [1.807, 2.05) is 0 Å². The smallest absolute Gasteiger partial charge is 0.258 e. The van der Waals surface area contributed by atoms with E-state index in [1.54, 1.807) is 24.3 Å². The fraction of sp³-hybridized carbons (Fsp3) is 0.357. The number of nitrogens with one attached hydrogen (secondary N) is 2. The van der Waals surface area contributed by atoms with Crippen molar-refractivity contribution in [2.45, 2.75) is 18.9 Å². The zero-order valence-electron chi connectivity index (χ0n) is 11.4. The van der Waals surface area contributed by atoms with E-state index in [-0.39, 0.29) is 29.5 Å². The maximum atomic E-state index is 11.8. The third-order valence-corrected chi connectivity index (χ3v) is 3.36. The van der Waals surface area contributed by atoms with Gasteiger partial charge in [-0.05, 0) is 18.6 Å². The number of benzene rings is 1. The van der Waals surface area contributed by atoms with E-state index in [2.05, 4.69) is 10.6 Å². The first-order valence-electron chi connectivity index (χ1n) is 6.64. The standard InChI is InChI=1S/C14H17N3O3S/c15-14(21)10-3-1-2-4-11(10)20-8-13(19)17-9-5-6-12(18)16-7-9/h1-4,9H,5-8H2,(H2,15,21)(H,16,18)(H,17,19). The van der Waals surface area contributed by atoms with Gasteiger partial charge in [-0.2, -0.15) is 0 Å². The molecular formula is C14H17N3O3S. The van der Waals surface area contributed by atoms with Crippen LogP contribution in [0.2, 0.25) is 0 Å². The van der Waals surface area contributed by atoms with Gasteiger partial charge in [0.05, 0.1) is 5.56 Å². The number of rotatable bonds is 5. The van der Waals surface area contributed by atoms with Gasteiger partial charge in [0.25, 0.3) is 5.91 Å². The number of para-hydroxylation sites is 1.